The number of nitrogens with two attached hydrogens (primary N) is 1. The van der Waals surface area contributed by atoms with Crippen molar-refractivity contribution in [3.05, 3.63) is 41.9 Å². The van der Waals surface area contributed by atoms with Gasteiger partial charge in [-0.15, -0.1) is 0 Å². The number of alkyl halides is 3. The zero-order chi connectivity index (χ0) is 16.3. The molecule has 0 bridgehead atoms. The maximum Gasteiger partial charge on any atom is 0.418 e. The highest BCUT2D eigenvalue weighted by molar-refractivity contribution is 5.92. The maximum absolute atomic E-state index is 13.0. The Hall–Kier alpha value is -2.55. The van der Waals surface area contributed by atoms with Crippen LogP contribution >= 0.6 is 0 Å². The summed E-state index contributed by atoms with van der Waals surface area (Å²) in [5.74, 6) is -1.10. The summed E-state index contributed by atoms with van der Waals surface area (Å²) in [5, 5.41) is 0. The third-order valence-corrected chi connectivity index (χ3v) is 2.52. The molecule has 0 saturated heterocycles. The second kappa shape index (κ2) is 6.06. The third kappa shape index (κ3) is 3.55. The molecule has 2 heterocycles. The smallest absolute Gasteiger partial charge is 0.418 e. The lowest BCUT2D eigenvalue weighted by Crippen LogP contribution is -2.25. The van der Waals surface area contributed by atoms with Crippen LogP contribution in [0.2, 0.25) is 0 Å². The molecule has 6 nitrogen and oxygen atoms in total. The summed E-state index contributed by atoms with van der Waals surface area (Å²) < 4.78 is 43.5. The lowest BCUT2D eigenvalue weighted by molar-refractivity contribution is -0.138. The first-order valence-electron chi connectivity index (χ1n) is 6.10. The van der Waals surface area contributed by atoms with Gasteiger partial charge in [-0.2, -0.15) is 13.2 Å². The molecule has 116 valence electrons. The van der Waals surface area contributed by atoms with Crippen molar-refractivity contribution in [3.8, 4) is 11.5 Å². The van der Waals surface area contributed by atoms with Crippen LogP contribution in [0.4, 0.5) is 13.2 Å². The topological polar surface area (TPSA) is 91.0 Å². The third-order valence-electron chi connectivity index (χ3n) is 2.52. The molecule has 2 aromatic rings. The molecule has 0 spiro atoms. The number of carbonyl (C=O) groups excluding carboxylic acids is 1. The molecule has 1 atom stereocenters. The van der Waals surface area contributed by atoms with Crippen LogP contribution in [0.15, 0.2) is 30.7 Å². The van der Waals surface area contributed by atoms with Gasteiger partial charge in [0.1, 0.15) is 11.9 Å². The average Bonchev–Trinajstić information content (AvgIpc) is 2.46. The van der Waals surface area contributed by atoms with E-state index < -0.39 is 29.5 Å². The van der Waals surface area contributed by atoms with Gasteiger partial charge in [0.05, 0.1) is 11.1 Å². The normalized spacial score (nSPS) is 12.8. The van der Waals surface area contributed by atoms with Crippen LogP contribution in [0.3, 0.4) is 0 Å². The van der Waals surface area contributed by atoms with Crippen molar-refractivity contribution >= 4 is 5.97 Å². The Bertz CT molecular complexity index is 675. The number of rotatable bonds is 3. The van der Waals surface area contributed by atoms with Gasteiger partial charge in [-0.25, -0.2) is 14.8 Å². The van der Waals surface area contributed by atoms with Gasteiger partial charge in [0.25, 0.3) is 0 Å². The molecule has 2 rings (SSSR count). The highest BCUT2D eigenvalue weighted by Gasteiger charge is 2.37. The average molecular weight is 312 g/mol. The fourth-order valence-corrected chi connectivity index (χ4v) is 1.64. The van der Waals surface area contributed by atoms with Gasteiger partial charge in [0, 0.05) is 18.6 Å². The Morgan fingerprint density at radius 2 is 1.91 bits per heavy atom. The highest BCUT2D eigenvalue weighted by atomic mass is 19.4. The summed E-state index contributed by atoms with van der Waals surface area (Å²) in [6.45, 7) is 1.33. The molecule has 0 aliphatic rings. The maximum atomic E-state index is 13.0. The van der Waals surface area contributed by atoms with Crippen LogP contribution in [-0.2, 0) is 10.9 Å². The summed E-state index contributed by atoms with van der Waals surface area (Å²) in [5.41, 5.74) is 3.39. The van der Waals surface area contributed by atoms with E-state index in [9.17, 15) is 18.0 Å². The van der Waals surface area contributed by atoms with Crippen LogP contribution in [0.5, 0.6) is 0 Å². The standard InChI is InChI=1S/C13H11F3N4O2/c1-7(17)22-12(21)8-5-10(11-18-3-2-4-19-11)20-6-9(8)13(14,15)16/h2-7H,17H2,1H3. The first-order chi connectivity index (χ1) is 10.3. The minimum absolute atomic E-state index is 0.0187. The molecular weight excluding hydrogens is 301 g/mol. The molecule has 0 amide bonds. The van der Waals surface area contributed by atoms with Crippen molar-refractivity contribution in [2.24, 2.45) is 5.73 Å². The van der Waals surface area contributed by atoms with E-state index in [1.165, 1.54) is 19.3 Å². The van der Waals surface area contributed by atoms with Crippen molar-refractivity contribution in [2.45, 2.75) is 19.3 Å². The van der Waals surface area contributed by atoms with Gasteiger partial charge in [-0.3, -0.25) is 10.7 Å². The summed E-state index contributed by atoms with van der Waals surface area (Å²) in [6, 6.07) is 2.47. The number of pyridine rings is 1. The molecule has 22 heavy (non-hydrogen) atoms. The first kappa shape index (κ1) is 15.8. The highest BCUT2D eigenvalue weighted by Crippen LogP contribution is 2.33. The molecule has 9 heteroatoms. The van der Waals surface area contributed by atoms with E-state index in [1.54, 1.807) is 6.07 Å². The van der Waals surface area contributed by atoms with E-state index in [1.807, 2.05) is 0 Å². The second-order valence-corrected chi connectivity index (χ2v) is 4.30. The van der Waals surface area contributed by atoms with E-state index in [-0.39, 0.29) is 11.5 Å². The largest absolute Gasteiger partial charge is 0.444 e. The van der Waals surface area contributed by atoms with Gasteiger partial charge in [-0.1, -0.05) is 0 Å². The summed E-state index contributed by atoms with van der Waals surface area (Å²) >= 11 is 0. The zero-order valence-corrected chi connectivity index (χ0v) is 11.3. The van der Waals surface area contributed by atoms with Crippen LogP contribution in [0.1, 0.15) is 22.8 Å². The van der Waals surface area contributed by atoms with E-state index in [0.29, 0.717) is 6.20 Å². The van der Waals surface area contributed by atoms with E-state index in [2.05, 4.69) is 19.7 Å². The van der Waals surface area contributed by atoms with Crippen molar-refractivity contribution in [2.75, 3.05) is 0 Å². The predicted molar refractivity (Wildman–Crippen MR) is 69.3 cm³/mol. The fourth-order valence-electron chi connectivity index (χ4n) is 1.64. The van der Waals surface area contributed by atoms with E-state index in [0.717, 1.165) is 6.07 Å². The van der Waals surface area contributed by atoms with Crippen molar-refractivity contribution in [1.29, 1.82) is 0 Å². The zero-order valence-electron chi connectivity index (χ0n) is 11.3. The number of carbonyl (C=O) groups is 1. The lowest BCUT2D eigenvalue weighted by Gasteiger charge is -2.14. The molecule has 0 aliphatic carbocycles. The monoisotopic (exact) mass is 312 g/mol. The first-order valence-corrected chi connectivity index (χ1v) is 6.10. The van der Waals surface area contributed by atoms with Gasteiger partial charge >= 0.3 is 12.1 Å². The summed E-state index contributed by atoms with van der Waals surface area (Å²) in [4.78, 5) is 23.2. The Balaban J connectivity index is 2.53. The number of esters is 1. The van der Waals surface area contributed by atoms with Gasteiger partial charge in [0.15, 0.2) is 5.82 Å². The minimum Gasteiger partial charge on any atom is -0.444 e. The molecule has 2 N–H and O–H groups in total. The number of hydrogen-bond donors (Lipinski definition) is 1. The number of halogens is 3. The molecule has 0 fully saturated rings. The van der Waals surface area contributed by atoms with E-state index >= 15 is 0 Å². The minimum atomic E-state index is -4.75. The van der Waals surface area contributed by atoms with Gasteiger partial charge in [0.2, 0.25) is 0 Å². The number of hydrogen-bond acceptors (Lipinski definition) is 6. The summed E-state index contributed by atoms with van der Waals surface area (Å²) in [7, 11) is 0. The SMILES string of the molecule is CC(N)OC(=O)c1cc(-c2ncccn2)ncc1C(F)(F)F. The van der Waals surface area contributed by atoms with Crippen molar-refractivity contribution in [3.63, 3.8) is 0 Å². The van der Waals surface area contributed by atoms with Crippen LogP contribution in [0, 0.1) is 0 Å². The molecule has 2 aromatic heterocycles. The fraction of sp³-hybridized carbons (Fsp3) is 0.231. The van der Waals surface area contributed by atoms with Crippen LogP contribution in [-0.4, -0.2) is 27.1 Å². The Labute approximate surface area is 123 Å². The lowest BCUT2D eigenvalue weighted by atomic mass is 10.1. The molecule has 0 radical (unpaired) electrons. The van der Waals surface area contributed by atoms with Crippen molar-refractivity contribution in [1.82, 2.24) is 15.0 Å². The van der Waals surface area contributed by atoms with Crippen LogP contribution in [0.25, 0.3) is 11.5 Å². The van der Waals surface area contributed by atoms with Gasteiger partial charge < -0.3 is 4.74 Å². The molecule has 1 unspecified atom stereocenters. The molecule has 0 aliphatic heterocycles. The molecule has 0 aromatic carbocycles. The van der Waals surface area contributed by atoms with E-state index in [4.69, 9.17) is 5.73 Å². The van der Waals surface area contributed by atoms with Crippen LogP contribution < -0.4 is 5.73 Å². The summed E-state index contributed by atoms with van der Waals surface area (Å²) in [6.07, 6.45) is -2.44. The molecular formula is C13H11F3N4O2. The van der Waals surface area contributed by atoms with Crippen molar-refractivity contribution < 1.29 is 22.7 Å². The van der Waals surface area contributed by atoms with Gasteiger partial charge in [-0.05, 0) is 19.1 Å². The number of ether oxygens (including phenoxy) is 1. The number of nitrogens with zero attached hydrogens (tertiary/aromatic N) is 3. The Morgan fingerprint density at radius 1 is 1.27 bits per heavy atom. The second-order valence-electron chi connectivity index (χ2n) is 4.30. The molecule has 0 saturated carbocycles. The Kier molecular flexibility index (Phi) is 4.36. The Morgan fingerprint density at radius 3 is 2.45 bits per heavy atom. The number of aromatic nitrogens is 3. The predicted octanol–water partition coefficient (Wildman–Crippen LogP) is 2.02. The quantitative estimate of drug-likeness (QED) is 0.688.